The van der Waals surface area contributed by atoms with Gasteiger partial charge in [0.05, 0.1) is 5.69 Å². The van der Waals surface area contributed by atoms with Gasteiger partial charge in [0.25, 0.3) is 0 Å². The van der Waals surface area contributed by atoms with E-state index in [1.807, 2.05) is 0 Å². The Bertz CT molecular complexity index is 579. The third-order valence-corrected chi connectivity index (χ3v) is 2.33. The summed E-state index contributed by atoms with van der Waals surface area (Å²) in [7, 11) is 0. The summed E-state index contributed by atoms with van der Waals surface area (Å²) in [5.41, 5.74) is -0.503. The lowest BCUT2D eigenvalue weighted by Crippen LogP contribution is -2.07. The molecule has 0 radical (unpaired) electrons. The number of nitrogens with zero attached hydrogens (tertiary/aromatic N) is 1. The molecule has 0 bridgehead atoms. The van der Waals surface area contributed by atoms with E-state index in [2.05, 4.69) is 9.68 Å². The highest BCUT2D eigenvalue weighted by molar-refractivity contribution is 5.27. The maximum Gasteiger partial charge on any atom is 0.200 e. The van der Waals surface area contributed by atoms with Crippen LogP contribution >= 0.6 is 0 Å². The van der Waals surface area contributed by atoms with Crippen molar-refractivity contribution >= 4 is 0 Å². The fourth-order valence-electron chi connectivity index (χ4n) is 1.48. The van der Waals surface area contributed by atoms with Crippen molar-refractivity contribution in [3.8, 4) is 0 Å². The molecule has 0 aliphatic carbocycles. The maximum atomic E-state index is 13.3. The summed E-state index contributed by atoms with van der Waals surface area (Å²) in [6.45, 7) is 1.56. The molecule has 0 aliphatic rings. The smallest absolute Gasteiger partial charge is 0.200 e. The highest BCUT2D eigenvalue weighted by Gasteiger charge is 2.26. The van der Waals surface area contributed by atoms with Gasteiger partial charge in [0.1, 0.15) is 5.76 Å². The highest BCUT2D eigenvalue weighted by Crippen LogP contribution is 2.25. The molecule has 2 nitrogen and oxygen atoms in total. The van der Waals surface area contributed by atoms with Crippen molar-refractivity contribution in [1.82, 2.24) is 5.16 Å². The first-order valence-corrected chi connectivity index (χ1v) is 4.84. The van der Waals surface area contributed by atoms with Gasteiger partial charge >= 0.3 is 0 Å². The molecule has 0 saturated carbocycles. The summed E-state index contributed by atoms with van der Waals surface area (Å²) in [5, 5.41) is 3.45. The molecule has 2 rings (SSSR count). The van der Waals surface area contributed by atoms with Crippen LogP contribution in [0.2, 0.25) is 0 Å². The summed E-state index contributed by atoms with van der Waals surface area (Å²) >= 11 is 0. The zero-order valence-electron chi connectivity index (χ0n) is 9.03. The zero-order valence-corrected chi connectivity index (χ0v) is 9.03. The number of hydrogen-bond donors (Lipinski definition) is 0. The Balaban J connectivity index is 2.51. The third-order valence-electron chi connectivity index (χ3n) is 2.33. The van der Waals surface area contributed by atoms with E-state index in [0.717, 1.165) is 0 Å². The van der Waals surface area contributed by atoms with Gasteiger partial charge in [-0.05, 0) is 6.92 Å². The van der Waals surface area contributed by atoms with Crippen LogP contribution in [0.25, 0.3) is 0 Å². The highest BCUT2D eigenvalue weighted by atomic mass is 19.2. The first kappa shape index (κ1) is 12.5. The number of hydrogen-bond acceptors (Lipinski definition) is 2. The van der Waals surface area contributed by atoms with E-state index in [1.54, 1.807) is 6.92 Å². The lowest BCUT2D eigenvalue weighted by Gasteiger charge is -2.06. The number of rotatable bonds is 2. The summed E-state index contributed by atoms with van der Waals surface area (Å²) in [6, 6.07) is 1.35. The minimum Gasteiger partial charge on any atom is -0.361 e. The van der Waals surface area contributed by atoms with Crippen molar-refractivity contribution in [1.29, 1.82) is 0 Å². The minimum absolute atomic E-state index is 0.00991. The van der Waals surface area contributed by atoms with E-state index in [4.69, 9.17) is 0 Å². The first-order chi connectivity index (χ1) is 8.41. The second kappa shape index (κ2) is 4.40. The van der Waals surface area contributed by atoms with Crippen LogP contribution in [0.15, 0.2) is 10.6 Å². The van der Waals surface area contributed by atoms with E-state index in [9.17, 15) is 22.0 Å². The molecule has 1 aromatic carbocycles. The second-order valence-electron chi connectivity index (χ2n) is 3.66. The van der Waals surface area contributed by atoms with Crippen molar-refractivity contribution in [2.24, 2.45) is 0 Å². The Morgan fingerprint density at radius 1 is 0.944 bits per heavy atom. The Morgan fingerprint density at radius 2 is 1.44 bits per heavy atom. The monoisotopic (exact) mass is 263 g/mol. The average molecular weight is 263 g/mol. The van der Waals surface area contributed by atoms with Gasteiger partial charge in [-0.15, -0.1) is 0 Å². The van der Waals surface area contributed by atoms with Crippen LogP contribution in [0.3, 0.4) is 0 Å². The topological polar surface area (TPSA) is 26.0 Å². The SMILES string of the molecule is Cc1cc(Cc2c(F)c(F)c(F)c(F)c2F)on1. The van der Waals surface area contributed by atoms with Gasteiger partial charge in [-0.2, -0.15) is 0 Å². The van der Waals surface area contributed by atoms with E-state index in [-0.39, 0.29) is 5.76 Å². The van der Waals surface area contributed by atoms with Crippen LogP contribution < -0.4 is 0 Å². The molecule has 1 heterocycles. The van der Waals surface area contributed by atoms with Gasteiger partial charge < -0.3 is 4.52 Å². The number of halogens is 5. The number of benzene rings is 1. The van der Waals surface area contributed by atoms with Gasteiger partial charge in [0.2, 0.25) is 5.82 Å². The van der Waals surface area contributed by atoms with Crippen LogP contribution in [0.1, 0.15) is 17.0 Å². The van der Waals surface area contributed by atoms with Crippen molar-refractivity contribution in [2.45, 2.75) is 13.3 Å². The molecule has 0 amide bonds. The van der Waals surface area contributed by atoms with Gasteiger partial charge in [-0.1, -0.05) is 5.16 Å². The maximum absolute atomic E-state index is 13.3. The van der Waals surface area contributed by atoms with Crippen LogP contribution in [-0.4, -0.2) is 5.16 Å². The molecule has 0 unspecified atom stereocenters. The molecule has 0 N–H and O–H groups in total. The normalized spacial score (nSPS) is 11.0. The average Bonchev–Trinajstić information content (AvgIpc) is 2.75. The molecule has 18 heavy (non-hydrogen) atoms. The summed E-state index contributed by atoms with van der Waals surface area (Å²) < 4.78 is 69.9. The van der Waals surface area contributed by atoms with Gasteiger partial charge in [0.15, 0.2) is 23.3 Å². The second-order valence-corrected chi connectivity index (χ2v) is 3.66. The molecule has 0 spiro atoms. The lowest BCUT2D eigenvalue weighted by molar-refractivity contribution is 0.359. The fourth-order valence-corrected chi connectivity index (χ4v) is 1.48. The third kappa shape index (κ3) is 1.96. The molecule has 0 aliphatic heterocycles. The molecule has 7 heteroatoms. The van der Waals surface area contributed by atoms with Crippen LogP contribution in [-0.2, 0) is 6.42 Å². The van der Waals surface area contributed by atoms with Crippen molar-refractivity contribution in [3.05, 3.63) is 52.2 Å². The van der Waals surface area contributed by atoms with Crippen molar-refractivity contribution in [3.63, 3.8) is 0 Å². The van der Waals surface area contributed by atoms with E-state index < -0.39 is 41.1 Å². The molecule has 0 atom stereocenters. The Kier molecular flexibility index (Phi) is 3.06. The van der Waals surface area contributed by atoms with Crippen LogP contribution in [0.5, 0.6) is 0 Å². The predicted octanol–water partition coefficient (Wildman–Crippen LogP) is 3.27. The first-order valence-electron chi connectivity index (χ1n) is 4.84. The lowest BCUT2D eigenvalue weighted by atomic mass is 10.1. The van der Waals surface area contributed by atoms with E-state index >= 15 is 0 Å². The molecule has 2 aromatic rings. The quantitative estimate of drug-likeness (QED) is 0.472. The molecule has 0 fully saturated rings. The number of aryl methyl sites for hydroxylation is 1. The van der Waals surface area contributed by atoms with Crippen LogP contribution in [0, 0.1) is 36.0 Å². The molecule has 96 valence electrons. The summed E-state index contributed by atoms with van der Waals surface area (Å²) in [5.74, 6) is -9.83. The van der Waals surface area contributed by atoms with Gasteiger partial charge in [-0.25, -0.2) is 22.0 Å². The van der Waals surface area contributed by atoms with Gasteiger partial charge in [0, 0.05) is 18.1 Å². The Labute approximate surface area is 98.0 Å². The molecular weight excluding hydrogens is 257 g/mol. The molecule has 0 saturated heterocycles. The zero-order chi connectivity index (χ0) is 13.4. The van der Waals surface area contributed by atoms with Crippen LogP contribution in [0.4, 0.5) is 22.0 Å². The molecule has 1 aromatic heterocycles. The van der Waals surface area contributed by atoms with E-state index in [1.165, 1.54) is 6.07 Å². The Hall–Kier alpha value is -1.92. The Morgan fingerprint density at radius 3 is 1.89 bits per heavy atom. The van der Waals surface area contributed by atoms with Crippen molar-refractivity contribution < 1.29 is 26.5 Å². The van der Waals surface area contributed by atoms with Gasteiger partial charge in [-0.3, -0.25) is 0 Å². The summed E-state index contributed by atoms with van der Waals surface area (Å²) in [4.78, 5) is 0. The minimum atomic E-state index is -2.18. The van der Waals surface area contributed by atoms with E-state index in [0.29, 0.717) is 5.69 Å². The largest absolute Gasteiger partial charge is 0.361 e. The number of aromatic nitrogens is 1. The molecular formula is C11H6F5NO. The standard InChI is InChI=1S/C11H6F5NO/c1-4-2-5(18-17-4)3-6-7(12)9(14)11(16)10(15)8(6)13/h2H,3H2,1H3. The predicted molar refractivity (Wildman–Crippen MR) is 50.3 cm³/mol. The summed E-state index contributed by atoms with van der Waals surface area (Å²) in [6.07, 6.45) is -0.563. The van der Waals surface area contributed by atoms with Crippen molar-refractivity contribution in [2.75, 3.05) is 0 Å². The fraction of sp³-hybridized carbons (Fsp3) is 0.182.